The second-order valence-electron chi connectivity index (χ2n) is 11.7. The van der Waals surface area contributed by atoms with Gasteiger partial charge < -0.3 is 0 Å². The maximum atomic E-state index is 14.0. The first-order valence-corrected chi connectivity index (χ1v) is 15.3. The Labute approximate surface area is 260 Å². The molecule has 0 aliphatic carbocycles. The van der Waals surface area contributed by atoms with Gasteiger partial charge in [0.1, 0.15) is 0 Å². The lowest BCUT2D eigenvalue weighted by Crippen LogP contribution is -2.12. The standard InChI is InChI=1S/C43H27NO/c45-43-37-20-8-7-19-36(37)39-26-35(33-18-10-16-31(24-33)29-13-5-2-6-14-29)27-40-38-25-34(21-22-41(38)44(43)42(39)40)32-17-9-15-30(23-32)28-11-3-1-4-12-28/h1-27H. The molecule has 0 spiro atoms. The minimum atomic E-state index is 0.0238. The molecule has 45 heavy (non-hydrogen) atoms. The minimum absolute atomic E-state index is 0.0238. The van der Waals surface area contributed by atoms with Crippen molar-refractivity contribution in [2.75, 3.05) is 0 Å². The summed E-state index contributed by atoms with van der Waals surface area (Å²) in [6.07, 6.45) is 0. The number of rotatable bonds is 4. The van der Waals surface area contributed by atoms with Crippen LogP contribution in [0.2, 0.25) is 0 Å². The van der Waals surface area contributed by atoms with Crippen LogP contribution in [0.15, 0.2) is 169 Å². The summed E-state index contributed by atoms with van der Waals surface area (Å²) in [4.78, 5) is 14.0. The van der Waals surface area contributed by atoms with Crippen molar-refractivity contribution in [2.24, 2.45) is 0 Å². The van der Waals surface area contributed by atoms with Crippen LogP contribution in [0.4, 0.5) is 0 Å². The normalized spacial score (nSPS) is 11.6. The Hall–Kier alpha value is -5.99. The Bertz CT molecular complexity index is 2600. The predicted octanol–water partition coefficient (Wildman–Crippen LogP) is 10.9. The molecule has 0 atom stereocenters. The van der Waals surface area contributed by atoms with E-state index in [2.05, 4.69) is 133 Å². The SMILES string of the molecule is O=c1c2ccccc2c2cc(-c3cccc(-c4ccccc4)c3)cc3c4cc(-c5cccc(-c6ccccc6)c5)ccc4n1c23. The van der Waals surface area contributed by atoms with Crippen molar-refractivity contribution in [1.82, 2.24) is 4.40 Å². The molecule has 2 heterocycles. The number of nitrogens with zero attached hydrogens (tertiary/aromatic N) is 1. The van der Waals surface area contributed by atoms with Gasteiger partial charge in [-0.15, -0.1) is 0 Å². The van der Waals surface area contributed by atoms with Gasteiger partial charge in [-0.2, -0.15) is 0 Å². The molecule has 210 valence electrons. The van der Waals surface area contributed by atoms with Crippen molar-refractivity contribution in [3.8, 4) is 44.5 Å². The van der Waals surface area contributed by atoms with Crippen molar-refractivity contribution in [3.63, 3.8) is 0 Å². The fourth-order valence-electron chi connectivity index (χ4n) is 6.95. The van der Waals surface area contributed by atoms with E-state index < -0.39 is 0 Å². The van der Waals surface area contributed by atoms with Gasteiger partial charge in [0.25, 0.3) is 5.56 Å². The van der Waals surface area contributed by atoms with E-state index in [9.17, 15) is 4.79 Å². The van der Waals surface area contributed by atoms with E-state index in [1.54, 1.807) is 0 Å². The van der Waals surface area contributed by atoms with Crippen LogP contribution < -0.4 is 5.56 Å². The summed E-state index contributed by atoms with van der Waals surface area (Å²) in [6, 6.07) is 57.5. The van der Waals surface area contributed by atoms with Crippen LogP contribution in [-0.2, 0) is 0 Å². The first kappa shape index (κ1) is 25.5. The Morgan fingerprint density at radius 3 is 1.38 bits per heavy atom. The average molecular weight is 574 g/mol. The molecule has 9 aromatic rings. The second-order valence-corrected chi connectivity index (χ2v) is 11.7. The molecule has 0 aliphatic rings. The number of fused-ring (bicyclic) bond motifs is 5. The van der Waals surface area contributed by atoms with Gasteiger partial charge in [0.2, 0.25) is 0 Å². The first-order valence-electron chi connectivity index (χ1n) is 15.3. The highest BCUT2D eigenvalue weighted by Gasteiger charge is 2.19. The average Bonchev–Trinajstić information content (AvgIpc) is 3.45. The minimum Gasteiger partial charge on any atom is -0.275 e. The largest absolute Gasteiger partial charge is 0.275 e. The fraction of sp³-hybridized carbons (Fsp3) is 0. The van der Waals surface area contributed by atoms with Crippen LogP contribution >= 0.6 is 0 Å². The lowest BCUT2D eigenvalue weighted by atomic mass is 9.94. The van der Waals surface area contributed by atoms with Crippen molar-refractivity contribution < 1.29 is 0 Å². The molecular weight excluding hydrogens is 546 g/mol. The van der Waals surface area contributed by atoms with Crippen molar-refractivity contribution >= 4 is 38.0 Å². The van der Waals surface area contributed by atoms with Crippen molar-refractivity contribution in [1.29, 1.82) is 0 Å². The Kier molecular flexibility index (Phi) is 5.69. The van der Waals surface area contributed by atoms with Crippen molar-refractivity contribution in [3.05, 3.63) is 174 Å². The molecule has 0 bridgehead atoms. The van der Waals surface area contributed by atoms with E-state index in [1.165, 1.54) is 22.3 Å². The molecule has 0 unspecified atom stereocenters. The summed E-state index contributed by atoms with van der Waals surface area (Å²) in [5, 5.41) is 4.98. The molecule has 2 heteroatoms. The lowest BCUT2D eigenvalue weighted by molar-refractivity contribution is 1.21. The molecule has 0 amide bonds. The highest BCUT2D eigenvalue weighted by molar-refractivity contribution is 6.22. The van der Waals surface area contributed by atoms with E-state index in [4.69, 9.17) is 0 Å². The van der Waals surface area contributed by atoms with E-state index in [0.29, 0.717) is 0 Å². The van der Waals surface area contributed by atoms with Gasteiger partial charge in [-0.3, -0.25) is 9.20 Å². The van der Waals surface area contributed by atoms with Crippen LogP contribution in [0.3, 0.4) is 0 Å². The Morgan fingerprint density at radius 1 is 0.311 bits per heavy atom. The topological polar surface area (TPSA) is 21.5 Å². The van der Waals surface area contributed by atoms with Crippen LogP contribution in [0.5, 0.6) is 0 Å². The third-order valence-electron chi connectivity index (χ3n) is 9.12. The van der Waals surface area contributed by atoms with Crippen LogP contribution in [0.1, 0.15) is 0 Å². The molecule has 0 radical (unpaired) electrons. The molecule has 0 saturated heterocycles. The third kappa shape index (κ3) is 4.07. The molecule has 7 aromatic carbocycles. The van der Waals surface area contributed by atoms with Crippen LogP contribution in [-0.4, -0.2) is 4.40 Å². The van der Waals surface area contributed by atoms with E-state index in [-0.39, 0.29) is 5.56 Å². The molecule has 0 N–H and O–H groups in total. The fourth-order valence-corrected chi connectivity index (χ4v) is 6.95. The van der Waals surface area contributed by atoms with Gasteiger partial charge in [0.15, 0.2) is 0 Å². The van der Waals surface area contributed by atoms with Crippen molar-refractivity contribution in [2.45, 2.75) is 0 Å². The summed E-state index contributed by atoms with van der Waals surface area (Å²) >= 11 is 0. The molecular formula is C43H27NO. The summed E-state index contributed by atoms with van der Waals surface area (Å²) in [7, 11) is 0. The highest BCUT2D eigenvalue weighted by Crippen LogP contribution is 2.40. The third-order valence-corrected chi connectivity index (χ3v) is 9.12. The van der Waals surface area contributed by atoms with Gasteiger partial charge in [-0.1, -0.05) is 121 Å². The zero-order valence-corrected chi connectivity index (χ0v) is 24.4. The number of hydrogen-bond acceptors (Lipinski definition) is 1. The summed E-state index contributed by atoms with van der Waals surface area (Å²) in [6.45, 7) is 0. The maximum Gasteiger partial charge on any atom is 0.263 e. The lowest BCUT2D eigenvalue weighted by Gasteiger charge is -2.10. The van der Waals surface area contributed by atoms with Gasteiger partial charge in [0, 0.05) is 21.5 Å². The zero-order valence-electron chi connectivity index (χ0n) is 24.4. The Balaban J connectivity index is 1.32. The highest BCUT2D eigenvalue weighted by atomic mass is 16.1. The number of aromatic nitrogens is 1. The maximum absolute atomic E-state index is 14.0. The summed E-state index contributed by atoms with van der Waals surface area (Å²) in [5.41, 5.74) is 11.2. The number of pyridine rings is 1. The first-order chi connectivity index (χ1) is 22.2. The quantitative estimate of drug-likeness (QED) is 0.192. The van der Waals surface area contributed by atoms with E-state index >= 15 is 0 Å². The smallest absolute Gasteiger partial charge is 0.263 e. The second kappa shape index (κ2) is 10.0. The van der Waals surface area contributed by atoms with E-state index in [1.807, 2.05) is 34.7 Å². The van der Waals surface area contributed by atoms with Gasteiger partial charge >= 0.3 is 0 Å². The monoisotopic (exact) mass is 573 g/mol. The Morgan fingerprint density at radius 2 is 0.756 bits per heavy atom. The molecule has 0 fully saturated rings. The van der Waals surface area contributed by atoms with Gasteiger partial charge in [-0.25, -0.2) is 0 Å². The zero-order chi connectivity index (χ0) is 29.9. The summed E-state index contributed by atoms with van der Waals surface area (Å²) in [5.74, 6) is 0. The molecule has 0 saturated carbocycles. The van der Waals surface area contributed by atoms with Gasteiger partial charge in [-0.05, 0) is 92.4 Å². The molecule has 2 aromatic heterocycles. The summed E-state index contributed by atoms with van der Waals surface area (Å²) < 4.78 is 1.93. The van der Waals surface area contributed by atoms with Gasteiger partial charge in [0.05, 0.1) is 11.0 Å². The molecule has 9 rings (SSSR count). The molecule has 2 nitrogen and oxygen atoms in total. The predicted molar refractivity (Wildman–Crippen MR) is 189 cm³/mol. The van der Waals surface area contributed by atoms with Crippen LogP contribution in [0, 0.1) is 0 Å². The number of hydrogen-bond donors (Lipinski definition) is 0. The number of benzene rings is 7. The van der Waals surface area contributed by atoms with E-state index in [0.717, 1.165) is 60.2 Å². The van der Waals surface area contributed by atoms with Crippen LogP contribution in [0.25, 0.3) is 82.5 Å². The molecule has 0 aliphatic heterocycles.